The van der Waals surface area contributed by atoms with E-state index in [9.17, 15) is 5.11 Å². The molecule has 0 aromatic carbocycles. The van der Waals surface area contributed by atoms with Crippen LogP contribution in [0.5, 0.6) is 0 Å². The third-order valence-electron chi connectivity index (χ3n) is 2.95. The summed E-state index contributed by atoms with van der Waals surface area (Å²) in [5.41, 5.74) is 7.58. The summed E-state index contributed by atoms with van der Waals surface area (Å²) in [5.74, 6) is 0.416. The summed E-state index contributed by atoms with van der Waals surface area (Å²) < 4.78 is 0. The normalized spacial score (nSPS) is 12.7. The molecule has 3 aromatic heterocycles. The molecule has 96 valence electrons. The first kappa shape index (κ1) is 12.0. The van der Waals surface area contributed by atoms with Gasteiger partial charge in [-0.15, -0.1) is 0 Å². The molecule has 3 rings (SSSR count). The van der Waals surface area contributed by atoms with Crippen LogP contribution in [-0.4, -0.2) is 20.1 Å². The summed E-state index contributed by atoms with van der Waals surface area (Å²) in [7, 11) is 0. The maximum atomic E-state index is 10.4. The van der Waals surface area contributed by atoms with Crippen molar-refractivity contribution in [1.82, 2.24) is 15.0 Å². The molecule has 1 atom stereocenters. The molecule has 3 aromatic rings. The summed E-state index contributed by atoms with van der Waals surface area (Å²) in [6.45, 7) is 0. The van der Waals surface area contributed by atoms with Gasteiger partial charge in [0, 0.05) is 35.1 Å². The number of aliphatic hydroxyl groups is 1. The van der Waals surface area contributed by atoms with Crippen molar-refractivity contribution in [3.05, 3.63) is 52.9 Å². The third-order valence-corrected chi connectivity index (χ3v) is 3.16. The number of anilines is 1. The summed E-state index contributed by atoms with van der Waals surface area (Å²) in [6.07, 6.45) is 4.02. The van der Waals surface area contributed by atoms with E-state index in [2.05, 4.69) is 15.0 Å². The highest BCUT2D eigenvalue weighted by Gasteiger charge is 2.16. The number of rotatable bonds is 2. The lowest BCUT2D eigenvalue weighted by Crippen LogP contribution is -2.00. The molecule has 19 heavy (non-hydrogen) atoms. The van der Waals surface area contributed by atoms with E-state index < -0.39 is 6.10 Å². The first-order valence-electron chi connectivity index (χ1n) is 5.67. The Morgan fingerprint density at radius 2 is 2.11 bits per heavy atom. The second kappa shape index (κ2) is 4.53. The van der Waals surface area contributed by atoms with Gasteiger partial charge in [-0.1, -0.05) is 17.7 Å². The van der Waals surface area contributed by atoms with Crippen molar-refractivity contribution >= 4 is 28.5 Å². The zero-order valence-electron chi connectivity index (χ0n) is 9.84. The quantitative estimate of drug-likeness (QED) is 0.669. The molecular weight excluding hydrogens is 264 g/mol. The fourth-order valence-electron chi connectivity index (χ4n) is 1.98. The molecule has 0 radical (unpaired) electrons. The number of aliphatic hydroxyl groups excluding tert-OH is 1. The van der Waals surface area contributed by atoms with Crippen molar-refractivity contribution in [1.29, 1.82) is 0 Å². The molecule has 6 heteroatoms. The van der Waals surface area contributed by atoms with Gasteiger partial charge in [0.2, 0.25) is 0 Å². The maximum Gasteiger partial charge on any atom is 0.137 e. The lowest BCUT2D eigenvalue weighted by molar-refractivity contribution is 0.221. The lowest BCUT2D eigenvalue weighted by atomic mass is 10.0. The van der Waals surface area contributed by atoms with Gasteiger partial charge in [-0.25, -0.2) is 9.97 Å². The van der Waals surface area contributed by atoms with E-state index in [1.807, 2.05) is 0 Å². The van der Waals surface area contributed by atoms with Crippen LogP contribution in [0.2, 0.25) is 5.02 Å². The SMILES string of the molecule is Nc1ccc(C(O)c2c[nH]c3ncc(Cl)cc23)cn1. The van der Waals surface area contributed by atoms with Gasteiger partial charge < -0.3 is 15.8 Å². The standard InChI is InChI=1S/C13H11ClN4O/c14-8-3-9-10(6-18-13(9)17-5-8)12(19)7-1-2-11(15)16-4-7/h1-6,12,19H,(H2,15,16)(H,17,18). The zero-order valence-corrected chi connectivity index (χ0v) is 10.6. The summed E-state index contributed by atoms with van der Waals surface area (Å²) >= 11 is 5.93. The van der Waals surface area contributed by atoms with Crippen LogP contribution in [0.3, 0.4) is 0 Å². The number of halogens is 1. The average molecular weight is 275 g/mol. The molecule has 0 amide bonds. The van der Waals surface area contributed by atoms with Crippen molar-refractivity contribution in [2.45, 2.75) is 6.10 Å². The smallest absolute Gasteiger partial charge is 0.137 e. The van der Waals surface area contributed by atoms with Gasteiger partial charge in [-0.05, 0) is 12.1 Å². The van der Waals surface area contributed by atoms with Gasteiger partial charge in [0.1, 0.15) is 17.6 Å². The van der Waals surface area contributed by atoms with Gasteiger partial charge >= 0.3 is 0 Å². The summed E-state index contributed by atoms with van der Waals surface area (Å²) in [6, 6.07) is 5.16. The van der Waals surface area contributed by atoms with Crippen LogP contribution in [-0.2, 0) is 0 Å². The molecule has 0 fully saturated rings. The van der Waals surface area contributed by atoms with Crippen LogP contribution in [0.25, 0.3) is 11.0 Å². The van der Waals surface area contributed by atoms with E-state index in [1.165, 1.54) is 0 Å². The molecule has 0 bridgehead atoms. The zero-order chi connectivity index (χ0) is 13.4. The Morgan fingerprint density at radius 1 is 1.26 bits per heavy atom. The number of nitrogens with two attached hydrogens (primary N) is 1. The van der Waals surface area contributed by atoms with Gasteiger partial charge in [0.15, 0.2) is 0 Å². The number of fused-ring (bicyclic) bond motifs is 1. The Hall–Kier alpha value is -2.11. The molecule has 1 unspecified atom stereocenters. The first-order chi connectivity index (χ1) is 9.15. The topological polar surface area (TPSA) is 87.8 Å². The van der Waals surface area contributed by atoms with Crippen LogP contribution >= 0.6 is 11.6 Å². The van der Waals surface area contributed by atoms with Gasteiger partial charge in [0.25, 0.3) is 0 Å². The second-order valence-electron chi connectivity index (χ2n) is 4.21. The number of nitrogens with zero attached hydrogens (tertiary/aromatic N) is 2. The molecule has 0 aliphatic heterocycles. The molecule has 5 nitrogen and oxygen atoms in total. The van der Waals surface area contributed by atoms with E-state index in [1.54, 1.807) is 36.8 Å². The highest BCUT2D eigenvalue weighted by atomic mass is 35.5. The minimum Gasteiger partial charge on any atom is -0.384 e. The van der Waals surface area contributed by atoms with Crippen LogP contribution < -0.4 is 5.73 Å². The van der Waals surface area contributed by atoms with Crippen molar-refractivity contribution in [3.63, 3.8) is 0 Å². The molecule has 0 aliphatic carbocycles. The Morgan fingerprint density at radius 3 is 2.84 bits per heavy atom. The minimum atomic E-state index is -0.804. The van der Waals surface area contributed by atoms with E-state index in [0.29, 0.717) is 27.6 Å². The molecule has 0 aliphatic rings. The molecule has 0 saturated carbocycles. The van der Waals surface area contributed by atoms with E-state index in [-0.39, 0.29) is 0 Å². The highest BCUT2D eigenvalue weighted by Crippen LogP contribution is 2.29. The summed E-state index contributed by atoms with van der Waals surface area (Å²) in [5, 5.41) is 11.7. The molecule has 3 heterocycles. The first-order valence-corrected chi connectivity index (χ1v) is 6.05. The number of aromatic amines is 1. The van der Waals surface area contributed by atoms with Crippen molar-refractivity contribution in [2.75, 3.05) is 5.73 Å². The van der Waals surface area contributed by atoms with Crippen LogP contribution in [0.15, 0.2) is 36.8 Å². The number of pyridine rings is 2. The van der Waals surface area contributed by atoms with Crippen molar-refractivity contribution in [3.8, 4) is 0 Å². The van der Waals surface area contributed by atoms with E-state index in [4.69, 9.17) is 17.3 Å². The number of aromatic nitrogens is 3. The molecule has 0 saturated heterocycles. The van der Waals surface area contributed by atoms with Crippen LogP contribution in [0.4, 0.5) is 5.82 Å². The van der Waals surface area contributed by atoms with Gasteiger partial charge in [-0.2, -0.15) is 0 Å². The Balaban J connectivity index is 2.08. The number of hydrogen-bond donors (Lipinski definition) is 3. The molecule has 4 N–H and O–H groups in total. The van der Waals surface area contributed by atoms with Crippen LogP contribution in [0.1, 0.15) is 17.2 Å². The fourth-order valence-corrected chi connectivity index (χ4v) is 2.14. The monoisotopic (exact) mass is 274 g/mol. The highest BCUT2D eigenvalue weighted by molar-refractivity contribution is 6.31. The minimum absolute atomic E-state index is 0.416. The number of nitrogen functional groups attached to an aromatic ring is 1. The largest absolute Gasteiger partial charge is 0.384 e. The average Bonchev–Trinajstić information content (AvgIpc) is 2.81. The second-order valence-corrected chi connectivity index (χ2v) is 4.65. The lowest BCUT2D eigenvalue weighted by Gasteiger charge is -2.09. The van der Waals surface area contributed by atoms with Crippen LogP contribution in [0, 0.1) is 0 Å². The Labute approximate surface area is 114 Å². The fraction of sp³-hybridized carbons (Fsp3) is 0.0769. The van der Waals surface area contributed by atoms with Gasteiger partial charge in [-0.3, -0.25) is 0 Å². The van der Waals surface area contributed by atoms with Gasteiger partial charge in [0.05, 0.1) is 5.02 Å². The molecular formula is C13H11ClN4O. The van der Waals surface area contributed by atoms with E-state index >= 15 is 0 Å². The van der Waals surface area contributed by atoms with Crippen molar-refractivity contribution < 1.29 is 5.11 Å². The molecule has 0 spiro atoms. The number of hydrogen-bond acceptors (Lipinski definition) is 4. The maximum absolute atomic E-state index is 10.4. The van der Waals surface area contributed by atoms with E-state index in [0.717, 1.165) is 5.39 Å². The number of H-pyrrole nitrogens is 1. The summed E-state index contributed by atoms with van der Waals surface area (Å²) in [4.78, 5) is 11.1. The third kappa shape index (κ3) is 2.14. The predicted octanol–water partition coefficient (Wildman–Crippen LogP) is 2.28. The Bertz CT molecular complexity index is 723. The predicted molar refractivity (Wildman–Crippen MR) is 73.8 cm³/mol. The Kier molecular flexibility index (Phi) is 2.85. The number of nitrogens with one attached hydrogen (secondary N) is 1. The van der Waals surface area contributed by atoms with Crippen molar-refractivity contribution in [2.24, 2.45) is 0 Å².